The third-order valence-electron chi connectivity index (χ3n) is 3.92. The first-order valence-corrected chi connectivity index (χ1v) is 8.27. The van der Waals surface area contributed by atoms with Gasteiger partial charge >= 0.3 is 11.9 Å². The Balaban J connectivity index is 2.22. The lowest BCUT2D eigenvalue weighted by molar-refractivity contribution is -0.157. The van der Waals surface area contributed by atoms with Crippen LogP contribution in [0.25, 0.3) is 0 Å². The van der Waals surface area contributed by atoms with E-state index in [2.05, 4.69) is 13.8 Å². The normalized spacial score (nSPS) is 22.4. The first-order chi connectivity index (χ1) is 9.90. The highest BCUT2D eigenvalue weighted by atomic mass is 16.5. The van der Waals surface area contributed by atoms with Gasteiger partial charge in [-0.05, 0) is 58.3 Å². The van der Waals surface area contributed by atoms with Crippen LogP contribution in [0.3, 0.4) is 0 Å². The van der Waals surface area contributed by atoms with E-state index in [9.17, 15) is 9.59 Å². The number of carbonyl (C=O) groups is 2. The lowest BCUT2D eigenvalue weighted by atomic mass is 9.82. The molecule has 0 aromatic carbocycles. The summed E-state index contributed by atoms with van der Waals surface area (Å²) in [7, 11) is 0. The summed E-state index contributed by atoms with van der Waals surface area (Å²) >= 11 is 0. The number of carbonyl (C=O) groups excluding carboxylic acids is 2. The van der Waals surface area contributed by atoms with E-state index >= 15 is 0 Å². The summed E-state index contributed by atoms with van der Waals surface area (Å²) in [5, 5.41) is 0. The monoisotopic (exact) mass is 298 g/mol. The van der Waals surface area contributed by atoms with Gasteiger partial charge in [0, 0.05) is 0 Å². The topological polar surface area (TPSA) is 52.6 Å². The number of hydrogen-bond acceptors (Lipinski definition) is 4. The molecule has 1 saturated carbocycles. The van der Waals surface area contributed by atoms with Gasteiger partial charge in [-0.25, -0.2) is 0 Å². The average Bonchev–Trinajstić information content (AvgIpc) is 2.42. The van der Waals surface area contributed by atoms with Crippen LogP contribution in [0.1, 0.15) is 66.2 Å². The van der Waals surface area contributed by atoms with Crippen LogP contribution < -0.4 is 0 Å². The fourth-order valence-corrected chi connectivity index (χ4v) is 2.68. The molecule has 0 unspecified atom stereocenters. The van der Waals surface area contributed by atoms with Crippen molar-refractivity contribution >= 4 is 11.9 Å². The Morgan fingerprint density at radius 1 is 0.952 bits per heavy atom. The van der Waals surface area contributed by atoms with Gasteiger partial charge in [0.15, 0.2) is 0 Å². The van der Waals surface area contributed by atoms with Crippen molar-refractivity contribution < 1.29 is 19.1 Å². The molecule has 0 N–H and O–H groups in total. The summed E-state index contributed by atoms with van der Waals surface area (Å²) in [5.41, 5.74) is 0. The molecule has 4 nitrogen and oxygen atoms in total. The number of ether oxygens (including phenoxy) is 2. The fourth-order valence-electron chi connectivity index (χ4n) is 2.68. The van der Waals surface area contributed by atoms with Crippen molar-refractivity contribution in [3.63, 3.8) is 0 Å². The van der Waals surface area contributed by atoms with Crippen LogP contribution in [0.4, 0.5) is 0 Å². The Morgan fingerprint density at radius 2 is 1.48 bits per heavy atom. The van der Waals surface area contributed by atoms with Crippen molar-refractivity contribution in [1.82, 2.24) is 0 Å². The van der Waals surface area contributed by atoms with Crippen LogP contribution in [0.15, 0.2) is 0 Å². The van der Waals surface area contributed by atoms with E-state index in [-0.39, 0.29) is 29.9 Å². The van der Waals surface area contributed by atoms with Crippen molar-refractivity contribution in [1.29, 1.82) is 0 Å². The summed E-state index contributed by atoms with van der Waals surface area (Å²) in [6.45, 7) is 8.57. The number of esters is 2. The fraction of sp³-hybridized carbons (Fsp3) is 0.882. The van der Waals surface area contributed by atoms with Crippen molar-refractivity contribution in [3.05, 3.63) is 0 Å². The smallest absolute Gasteiger partial charge is 0.309 e. The third kappa shape index (κ3) is 6.96. The average molecular weight is 298 g/mol. The Bertz CT molecular complexity index is 328. The minimum absolute atomic E-state index is 0.0350. The van der Waals surface area contributed by atoms with Gasteiger partial charge < -0.3 is 9.47 Å². The first kappa shape index (κ1) is 18.0. The van der Waals surface area contributed by atoms with Gasteiger partial charge in [-0.15, -0.1) is 0 Å². The van der Waals surface area contributed by atoms with Gasteiger partial charge in [0.2, 0.25) is 0 Å². The first-order valence-electron chi connectivity index (χ1n) is 8.27. The molecule has 1 fully saturated rings. The molecule has 0 heterocycles. The molecule has 1 aliphatic rings. The zero-order chi connectivity index (χ0) is 15.8. The largest absolute Gasteiger partial charge is 0.465 e. The second kappa shape index (κ2) is 9.06. The maximum absolute atomic E-state index is 12.0. The number of rotatable bonds is 7. The van der Waals surface area contributed by atoms with Crippen LogP contribution in [-0.4, -0.2) is 24.6 Å². The van der Waals surface area contributed by atoms with Crippen LogP contribution in [0.5, 0.6) is 0 Å². The molecular formula is C17H30O4. The second-order valence-electron chi connectivity index (χ2n) is 6.74. The maximum Gasteiger partial charge on any atom is 0.309 e. The van der Waals surface area contributed by atoms with Gasteiger partial charge in [-0.1, -0.05) is 13.8 Å². The van der Waals surface area contributed by atoms with Gasteiger partial charge in [-0.3, -0.25) is 9.59 Å². The number of hydrogen-bond donors (Lipinski definition) is 0. The Labute approximate surface area is 128 Å². The summed E-state index contributed by atoms with van der Waals surface area (Å²) < 4.78 is 10.6. The molecule has 0 aliphatic heterocycles. The molecule has 0 bridgehead atoms. The Morgan fingerprint density at radius 3 is 1.95 bits per heavy atom. The van der Waals surface area contributed by atoms with Crippen LogP contribution in [0.2, 0.25) is 0 Å². The molecule has 0 aromatic heterocycles. The molecule has 0 spiro atoms. The molecule has 0 radical (unpaired) electrons. The summed E-state index contributed by atoms with van der Waals surface area (Å²) in [6, 6.07) is 0. The van der Waals surface area contributed by atoms with E-state index in [1.807, 2.05) is 13.8 Å². The predicted molar refractivity (Wildman–Crippen MR) is 81.7 cm³/mol. The minimum Gasteiger partial charge on any atom is -0.465 e. The predicted octanol–water partition coefficient (Wildman–Crippen LogP) is 3.72. The van der Waals surface area contributed by atoms with Crippen molar-refractivity contribution in [2.75, 3.05) is 6.61 Å². The highest BCUT2D eigenvalue weighted by Crippen LogP contribution is 2.30. The SMILES string of the molecule is CC(C)CCCOC(=O)C1CCC(C(=O)OC(C)C)CC1. The quantitative estimate of drug-likeness (QED) is 0.531. The molecule has 0 aromatic rings. The molecular weight excluding hydrogens is 268 g/mol. The lowest BCUT2D eigenvalue weighted by Gasteiger charge is -2.26. The molecule has 0 atom stereocenters. The molecule has 0 amide bonds. The third-order valence-corrected chi connectivity index (χ3v) is 3.92. The highest BCUT2D eigenvalue weighted by Gasteiger charge is 2.31. The Kier molecular flexibility index (Phi) is 7.76. The Hall–Kier alpha value is -1.06. The lowest BCUT2D eigenvalue weighted by Crippen LogP contribution is -2.29. The standard InChI is InChI=1S/C17H30O4/c1-12(2)6-5-11-20-16(18)14-7-9-15(10-8-14)17(19)21-13(3)4/h12-15H,5-11H2,1-4H3. The molecule has 1 aliphatic carbocycles. The van der Waals surface area contributed by atoms with E-state index in [0.717, 1.165) is 38.5 Å². The van der Waals surface area contributed by atoms with Gasteiger partial charge in [0.05, 0.1) is 24.5 Å². The van der Waals surface area contributed by atoms with E-state index < -0.39 is 0 Å². The summed E-state index contributed by atoms with van der Waals surface area (Å²) in [6.07, 6.45) is 4.89. The van der Waals surface area contributed by atoms with Crippen LogP contribution in [-0.2, 0) is 19.1 Å². The van der Waals surface area contributed by atoms with Crippen LogP contribution in [0, 0.1) is 17.8 Å². The van der Waals surface area contributed by atoms with E-state index in [0.29, 0.717) is 12.5 Å². The molecule has 21 heavy (non-hydrogen) atoms. The highest BCUT2D eigenvalue weighted by molar-refractivity contribution is 5.75. The molecule has 0 saturated heterocycles. The molecule has 4 heteroatoms. The van der Waals surface area contributed by atoms with Crippen molar-refractivity contribution in [2.45, 2.75) is 72.3 Å². The van der Waals surface area contributed by atoms with E-state index in [1.165, 1.54) is 0 Å². The van der Waals surface area contributed by atoms with Crippen molar-refractivity contribution in [2.24, 2.45) is 17.8 Å². The zero-order valence-electron chi connectivity index (χ0n) is 13.9. The summed E-state index contributed by atoms with van der Waals surface area (Å²) in [5.74, 6) is 0.360. The van der Waals surface area contributed by atoms with E-state index in [4.69, 9.17) is 9.47 Å². The summed E-state index contributed by atoms with van der Waals surface area (Å²) in [4.78, 5) is 23.8. The van der Waals surface area contributed by atoms with Gasteiger partial charge in [-0.2, -0.15) is 0 Å². The zero-order valence-corrected chi connectivity index (χ0v) is 13.9. The molecule has 1 rings (SSSR count). The molecule has 122 valence electrons. The second-order valence-corrected chi connectivity index (χ2v) is 6.74. The van der Waals surface area contributed by atoms with E-state index in [1.54, 1.807) is 0 Å². The van der Waals surface area contributed by atoms with Gasteiger partial charge in [0.1, 0.15) is 0 Å². The van der Waals surface area contributed by atoms with Crippen LogP contribution >= 0.6 is 0 Å². The minimum atomic E-state index is -0.117. The van der Waals surface area contributed by atoms with Gasteiger partial charge in [0.25, 0.3) is 0 Å². The maximum atomic E-state index is 12.0. The van der Waals surface area contributed by atoms with Crippen molar-refractivity contribution in [3.8, 4) is 0 Å².